The summed E-state index contributed by atoms with van der Waals surface area (Å²) >= 11 is 0. The summed E-state index contributed by atoms with van der Waals surface area (Å²) in [6, 6.07) is 0. The predicted octanol–water partition coefficient (Wildman–Crippen LogP) is 2.95. The number of aliphatic imine (C=N–C) groups is 1. The Labute approximate surface area is 92.7 Å². The van der Waals surface area contributed by atoms with Crippen LogP contribution in [0.3, 0.4) is 0 Å². The van der Waals surface area contributed by atoms with Gasteiger partial charge < -0.3 is 5.73 Å². The molecule has 2 N–H and O–H groups in total. The van der Waals surface area contributed by atoms with E-state index in [-0.39, 0.29) is 0 Å². The number of amidine groups is 1. The molecular formula is C13H22N2. The lowest BCUT2D eigenvalue weighted by atomic mass is 9.65. The van der Waals surface area contributed by atoms with Crippen LogP contribution in [0.2, 0.25) is 0 Å². The monoisotopic (exact) mass is 206 g/mol. The van der Waals surface area contributed by atoms with Crippen LogP contribution in [-0.2, 0) is 0 Å². The standard InChI is InChI=1S/C13H22N2/c1-13(2,3)10-4-5-11-9(8-10)6-7-15-12(11)14/h6-7,9-11H,4-5,8H2,1-3H3,(H2,14,15). The molecule has 1 aliphatic heterocycles. The Kier molecular flexibility index (Phi) is 2.61. The second-order valence-corrected chi connectivity index (χ2v) is 6.04. The third-order valence-corrected chi connectivity index (χ3v) is 4.06. The molecule has 1 saturated carbocycles. The zero-order chi connectivity index (χ0) is 11.1. The van der Waals surface area contributed by atoms with Gasteiger partial charge in [-0.25, -0.2) is 4.99 Å². The van der Waals surface area contributed by atoms with Gasteiger partial charge in [0.05, 0.1) is 0 Å². The van der Waals surface area contributed by atoms with E-state index in [4.69, 9.17) is 5.73 Å². The maximum absolute atomic E-state index is 5.94. The van der Waals surface area contributed by atoms with Crippen LogP contribution in [0.15, 0.2) is 17.3 Å². The smallest absolute Gasteiger partial charge is 0.103 e. The summed E-state index contributed by atoms with van der Waals surface area (Å²) in [7, 11) is 0. The van der Waals surface area contributed by atoms with E-state index in [9.17, 15) is 0 Å². The van der Waals surface area contributed by atoms with Crippen molar-refractivity contribution in [2.75, 3.05) is 0 Å². The lowest BCUT2D eigenvalue weighted by Gasteiger charge is -2.41. The highest BCUT2D eigenvalue weighted by Crippen LogP contribution is 2.44. The van der Waals surface area contributed by atoms with Gasteiger partial charge in [0.2, 0.25) is 0 Å². The Morgan fingerprint density at radius 2 is 2.07 bits per heavy atom. The van der Waals surface area contributed by atoms with Gasteiger partial charge >= 0.3 is 0 Å². The number of nitrogens with zero attached hydrogens (tertiary/aromatic N) is 1. The topological polar surface area (TPSA) is 38.4 Å². The molecule has 1 fully saturated rings. The largest absolute Gasteiger partial charge is 0.387 e. The first-order chi connectivity index (χ1) is 6.98. The van der Waals surface area contributed by atoms with Crippen molar-refractivity contribution in [1.29, 1.82) is 0 Å². The van der Waals surface area contributed by atoms with Crippen LogP contribution in [0.4, 0.5) is 0 Å². The van der Waals surface area contributed by atoms with Crippen molar-refractivity contribution in [3.8, 4) is 0 Å². The molecule has 3 atom stereocenters. The number of nitrogens with two attached hydrogens (primary N) is 1. The normalized spacial score (nSPS) is 35.9. The van der Waals surface area contributed by atoms with Gasteiger partial charge in [-0.3, -0.25) is 0 Å². The Morgan fingerprint density at radius 1 is 1.33 bits per heavy atom. The Hall–Kier alpha value is -0.790. The predicted molar refractivity (Wildman–Crippen MR) is 64.5 cm³/mol. The van der Waals surface area contributed by atoms with E-state index in [0.29, 0.717) is 17.3 Å². The van der Waals surface area contributed by atoms with E-state index in [1.165, 1.54) is 19.3 Å². The van der Waals surface area contributed by atoms with Gasteiger partial charge in [0.1, 0.15) is 5.84 Å². The van der Waals surface area contributed by atoms with E-state index < -0.39 is 0 Å². The molecular weight excluding hydrogens is 184 g/mol. The van der Waals surface area contributed by atoms with E-state index in [1.54, 1.807) is 0 Å². The molecule has 0 aromatic rings. The van der Waals surface area contributed by atoms with E-state index in [0.717, 1.165) is 11.8 Å². The van der Waals surface area contributed by atoms with Crippen LogP contribution in [0, 0.1) is 23.2 Å². The molecule has 1 aliphatic carbocycles. The molecule has 0 amide bonds. The summed E-state index contributed by atoms with van der Waals surface area (Å²) < 4.78 is 0. The van der Waals surface area contributed by atoms with E-state index in [1.807, 2.05) is 6.20 Å². The molecule has 0 saturated heterocycles. The highest BCUT2D eigenvalue weighted by atomic mass is 14.9. The van der Waals surface area contributed by atoms with Gasteiger partial charge in [-0.15, -0.1) is 0 Å². The lowest BCUT2D eigenvalue weighted by Crippen LogP contribution is -2.38. The summed E-state index contributed by atoms with van der Waals surface area (Å²) in [6.45, 7) is 7.05. The van der Waals surface area contributed by atoms with Crippen LogP contribution < -0.4 is 5.73 Å². The van der Waals surface area contributed by atoms with Crippen molar-refractivity contribution in [2.24, 2.45) is 33.9 Å². The summed E-state index contributed by atoms with van der Waals surface area (Å²) in [5, 5.41) is 0. The van der Waals surface area contributed by atoms with Gasteiger partial charge in [0.25, 0.3) is 0 Å². The van der Waals surface area contributed by atoms with Crippen molar-refractivity contribution in [3.63, 3.8) is 0 Å². The zero-order valence-corrected chi connectivity index (χ0v) is 10.0. The first kappa shape index (κ1) is 10.7. The first-order valence-corrected chi connectivity index (χ1v) is 5.98. The van der Waals surface area contributed by atoms with Crippen molar-refractivity contribution in [3.05, 3.63) is 12.3 Å². The van der Waals surface area contributed by atoms with Gasteiger partial charge in [0, 0.05) is 12.1 Å². The molecule has 15 heavy (non-hydrogen) atoms. The van der Waals surface area contributed by atoms with Crippen LogP contribution in [0.5, 0.6) is 0 Å². The highest BCUT2D eigenvalue weighted by Gasteiger charge is 2.36. The van der Waals surface area contributed by atoms with Crippen molar-refractivity contribution in [1.82, 2.24) is 0 Å². The van der Waals surface area contributed by atoms with Crippen molar-refractivity contribution < 1.29 is 0 Å². The highest BCUT2D eigenvalue weighted by molar-refractivity contribution is 5.84. The van der Waals surface area contributed by atoms with E-state index in [2.05, 4.69) is 31.8 Å². The van der Waals surface area contributed by atoms with Crippen molar-refractivity contribution in [2.45, 2.75) is 40.0 Å². The van der Waals surface area contributed by atoms with Gasteiger partial charge in [-0.05, 0) is 36.5 Å². The molecule has 0 aromatic carbocycles. The van der Waals surface area contributed by atoms with Crippen LogP contribution >= 0.6 is 0 Å². The fourth-order valence-corrected chi connectivity index (χ4v) is 2.91. The molecule has 1 heterocycles. The summed E-state index contributed by atoms with van der Waals surface area (Å²) in [4.78, 5) is 4.22. The minimum absolute atomic E-state index is 0.433. The summed E-state index contributed by atoms with van der Waals surface area (Å²) in [6.07, 6.45) is 7.93. The first-order valence-electron chi connectivity index (χ1n) is 5.98. The fourth-order valence-electron chi connectivity index (χ4n) is 2.91. The molecule has 2 heteroatoms. The molecule has 0 spiro atoms. The summed E-state index contributed by atoms with van der Waals surface area (Å²) in [5.74, 6) is 2.85. The Balaban J connectivity index is 2.08. The van der Waals surface area contributed by atoms with Gasteiger partial charge in [-0.2, -0.15) is 0 Å². The van der Waals surface area contributed by atoms with Gasteiger partial charge in [0.15, 0.2) is 0 Å². The Morgan fingerprint density at radius 3 is 2.73 bits per heavy atom. The number of hydrogen-bond acceptors (Lipinski definition) is 2. The number of rotatable bonds is 0. The molecule has 3 unspecified atom stereocenters. The minimum atomic E-state index is 0.433. The average molecular weight is 206 g/mol. The molecule has 2 rings (SSSR count). The van der Waals surface area contributed by atoms with Gasteiger partial charge in [-0.1, -0.05) is 26.8 Å². The maximum atomic E-state index is 5.94. The SMILES string of the molecule is CC(C)(C)C1CCC2C(N)=NC=CC2C1. The van der Waals surface area contributed by atoms with Crippen LogP contribution in [-0.4, -0.2) is 5.84 Å². The number of fused-ring (bicyclic) bond motifs is 1. The molecule has 0 radical (unpaired) electrons. The lowest BCUT2D eigenvalue weighted by molar-refractivity contribution is 0.139. The van der Waals surface area contributed by atoms with Crippen LogP contribution in [0.25, 0.3) is 0 Å². The molecule has 0 aromatic heterocycles. The minimum Gasteiger partial charge on any atom is -0.387 e. The molecule has 2 aliphatic rings. The third-order valence-electron chi connectivity index (χ3n) is 4.06. The third kappa shape index (κ3) is 2.09. The van der Waals surface area contributed by atoms with Crippen molar-refractivity contribution >= 4 is 5.84 Å². The molecule has 0 bridgehead atoms. The maximum Gasteiger partial charge on any atom is 0.103 e. The number of allylic oxidation sites excluding steroid dienone is 1. The second kappa shape index (κ2) is 3.66. The van der Waals surface area contributed by atoms with Crippen LogP contribution in [0.1, 0.15) is 40.0 Å². The quantitative estimate of drug-likeness (QED) is 0.650. The number of hydrogen-bond donors (Lipinski definition) is 1. The molecule has 84 valence electrons. The fraction of sp³-hybridized carbons (Fsp3) is 0.769. The Bertz CT molecular complexity index is 296. The molecule has 2 nitrogen and oxygen atoms in total. The second-order valence-electron chi connectivity index (χ2n) is 6.04. The average Bonchev–Trinajstić information content (AvgIpc) is 2.16. The van der Waals surface area contributed by atoms with E-state index >= 15 is 0 Å². The zero-order valence-electron chi connectivity index (χ0n) is 10.0. The summed E-state index contributed by atoms with van der Waals surface area (Å²) in [5.41, 5.74) is 6.38.